The van der Waals surface area contributed by atoms with Crippen molar-refractivity contribution >= 4 is 14.1 Å². The molecule has 0 aliphatic carbocycles. The van der Waals surface area contributed by atoms with Crippen molar-refractivity contribution in [3.8, 4) is 0 Å². The van der Waals surface area contributed by atoms with E-state index in [4.69, 9.17) is 20.1 Å². The highest BCUT2D eigenvalue weighted by Gasteiger charge is 2.59. The first kappa shape index (κ1) is 17.0. The first-order valence-electron chi connectivity index (χ1n) is 6.07. The van der Waals surface area contributed by atoms with E-state index in [1.165, 1.54) is 6.07 Å². The number of halogens is 1. The van der Waals surface area contributed by atoms with Gasteiger partial charge in [-0.15, -0.1) is 0 Å². The molecule has 0 bridgehead atoms. The van der Waals surface area contributed by atoms with Gasteiger partial charge in [-0.2, -0.15) is 4.98 Å². The Kier molecular flexibility index (Phi) is 4.95. The molecule has 4 N–H and O–H groups in total. The highest BCUT2D eigenvalue weighted by molar-refractivity contribution is 7.32. The largest absolute Gasteiger partial charge is 0.391 e. The molecule has 1 saturated heterocycles. The minimum absolute atomic E-state index is 0.0666. The molecule has 0 saturated carbocycles. The van der Waals surface area contributed by atoms with Gasteiger partial charge in [0, 0.05) is 13.3 Å². The second kappa shape index (κ2) is 6.41. The molecule has 10 nitrogen and oxygen atoms in total. The number of anilines is 1. The molecule has 2 heterocycles. The van der Waals surface area contributed by atoms with Crippen LogP contribution >= 0.6 is 8.25 Å². The van der Waals surface area contributed by atoms with Gasteiger partial charge in [-0.1, -0.05) is 0 Å². The Morgan fingerprint density at radius 3 is 2.86 bits per heavy atom. The highest BCUT2D eigenvalue weighted by Crippen LogP contribution is 2.43. The number of rotatable bonds is 5. The van der Waals surface area contributed by atoms with Crippen LogP contribution in [0.1, 0.15) is 6.23 Å². The molecular formula is C10H15FN3O7P. The normalized spacial score (nSPS) is 33.0. The Morgan fingerprint density at radius 2 is 2.36 bits per heavy atom. The molecule has 0 aromatic carbocycles. The van der Waals surface area contributed by atoms with E-state index in [0.29, 0.717) is 0 Å². The summed E-state index contributed by atoms with van der Waals surface area (Å²) in [5.74, 6) is -2.10. The lowest BCUT2D eigenvalue weighted by atomic mass is 10.1. The molecule has 0 spiro atoms. The molecule has 0 amide bonds. The number of alkyl halides is 1. The summed E-state index contributed by atoms with van der Waals surface area (Å²) in [4.78, 5) is 24.1. The van der Waals surface area contributed by atoms with E-state index >= 15 is 0 Å². The van der Waals surface area contributed by atoms with Gasteiger partial charge in [-0.25, -0.2) is 9.18 Å². The summed E-state index contributed by atoms with van der Waals surface area (Å²) in [6.07, 6.45) is -4.21. The Labute approximate surface area is 124 Å². The Morgan fingerprint density at radius 1 is 1.68 bits per heavy atom. The van der Waals surface area contributed by atoms with Crippen LogP contribution in [0, 0.1) is 0 Å². The van der Waals surface area contributed by atoms with Gasteiger partial charge in [0.1, 0.15) is 12.4 Å². The number of nitrogens with two attached hydrogens (primary N) is 1. The lowest BCUT2D eigenvalue weighted by Gasteiger charge is -2.29. The first-order valence-corrected chi connectivity index (χ1v) is 7.33. The van der Waals surface area contributed by atoms with Gasteiger partial charge >= 0.3 is 13.9 Å². The predicted molar refractivity (Wildman–Crippen MR) is 70.8 cm³/mol. The smallest absolute Gasteiger partial charge is 0.351 e. The van der Waals surface area contributed by atoms with Crippen LogP contribution in [-0.4, -0.2) is 51.3 Å². The van der Waals surface area contributed by atoms with Crippen LogP contribution < -0.4 is 11.4 Å². The molecule has 22 heavy (non-hydrogen) atoms. The monoisotopic (exact) mass is 339 g/mol. The van der Waals surface area contributed by atoms with E-state index in [2.05, 4.69) is 9.51 Å². The number of methoxy groups -OCH3 is 1. The van der Waals surface area contributed by atoms with E-state index in [9.17, 15) is 18.9 Å². The van der Waals surface area contributed by atoms with Crippen molar-refractivity contribution in [3.05, 3.63) is 22.7 Å². The minimum Gasteiger partial charge on any atom is -0.391 e. The molecule has 1 aromatic rings. The van der Waals surface area contributed by atoms with Gasteiger partial charge in [-0.05, 0) is 6.07 Å². The Bertz CT molecular complexity index is 623. The molecule has 1 aliphatic heterocycles. The molecule has 4 unspecified atom stereocenters. The van der Waals surface area contributed by atoms with Gasteiger partial charge in [0.05, 0.1) is 0 Å². The number of nitrogen functional groups attached to an aromatic ring is 1. The summed E-state index contributed by atoms with van der Waals surface area (Å²) < 4.78 is 41.0. The number of ether oxygens (including phenoxy) is 2. The van der Waals surface area contributed by atoms with Crippen LogP contribution in [-0.2, 0) is 18.6 Å². The Hall–Kier alpha value is -1.36. The molecular weight excluding hydrogens is 324 g/mol. The fourth-order valence-electron chi connectivity index (χ4n) is 2.18. The maximum atomic E-state index is 14.6. The SMILES string of the molecule is CO[C@]1(CO)OC(n2ccc(N)nc2=O)C(F)C1O[PH](=O)O. The van der Waals surface area contributed by atoms with E-state index < -0.39 is 44.8 Å². The van der Waals surface area contributed by atoms with Crippen molar-refractivity contribution in [1.29, 1.82) is 0 Å². The van der Waals surface area contributed by atoms with Crippen molar-refractivity contribution in [2.75, 3.05) is 19.5 Å². The van der Waals surface area contributed by atoms with Gasteiger partial charge in [0.25, 0.3) is 0 Å². The number of hydrogen-bond acceptors (Lipinski definition) is 8. The van der Waals surface area contributed by atoms with Crippen molar-refractivity contribution in [3.63, 3.8) is 0 Å². The first-order chi connectivity index (χ1) is 10.3. The number of nitrogens with zero attached hydrogens (tertiary/aromatic N) is 2. The number of aromatic nitrogens is 2. The van der Waals surface area contributed by atoms with Crippen LogP contribution in [0.4, 0.5) is 10.2 Å². The Balaban J connectivity index is 2.42. The van der Waals surface area contributed by atoms with E-state index in [-0.39, 0.29) is 5.82 Å². The van der Waals surface area contributed by atoms with Crippen molar-refractivity contribution in [2.45, 2.75) is 24.3 Å². The molecule has 1 fully saturated rings. The summed E-state index contributed by atoms with van der Waals surface area (Å²) in [6.45, 7) is -0.864. The number of aliphatic hydroxyl groups excluding tert-OH is 1. The summed E-state index contributed by atoms with van der Waals surface area (Å²) in [5.41, 5.74) is 4.45. The third-order valence-electron chi connectivity index (χ3n) is 3.23. The fourth-order valence-corrected chi connectivity index (χ4v) is 2.70. The molecule has 2 rings (SSSR count). The van der Waals surface area contributed by atoms with E-state index in [1.807, 2.05) is 0 Å². The van der Waals surface area contributed by atoms with Gasteiger partial charge in [-0.3, -0.25) is 13.7 Å². The number of aliphatic hydroxyl groups is 1. The van der Waals surface area contributed by atoms with E-state index in [1.54, 1.807) is 0 Å². The second-order valence-electron chi connectivity index (χ2n) is 4.47. The molecule has 5 atom stereocenters. The average molecular weight is 339 g/mol. The maximum absolute atomic E-state index is 14.6. The maximum Gasteiger partial charge on any atom is 0.351 e. The van der Waals surface area contributed by atoms with Gasteiger partial charge < -0.3 is 25.2 Å². The summed E-state index contributed by atoms with van der Waals surface area (Å²) in [6, 6.07) is 1.24. The van der Waals surface area contributed by atoms with Crippen molar-refractivity contribution in [2.24, 2.45) is 0 Å². The summed E-state index contributed by atoms with van der Waals surface area (Å²) >= 11 is 0. The molecule has 1 aromatic heterocycles. The van der Waals surface area contributed by atoms with Crippen LogP contribution in [0.2, 0.25) is 0 Å². The molecule has 12 heteroatoms. The molecule has 124 valence electrons. The number of hydrogen-bond donors (Lipinski definition) is 3. The van der Waals surface area contributed by atoms with Crippen molar-refractivity contribution < 1.29 is 33.0 Å². The van der Waals surface area contributed by atoms with Gasteiger partial charge in [0.2, 0.25) is 5.79 Å². The third-order valence-corrected chi connectivity index (χ3v) is 3.69. The van der Waals surface area contributed by atoms with Crippen LogP contribution in [0.5, 0.6) is 0 Å². The molecule has 0 radical (unpaired) electrons. The van der Waals surface area contributed by atoms with E-state index in [0.717, 1.165) is 17.9 Å². The highest BCUT2D eigenvalue weighted by atomic mass is 31.1. The predicted octanol–water partition coefficient (Wildman–Crippen LogP) is -1.21. The third kappa shape index (κ3) is 2.91. The lowest BCUT2D eigenvalue weighted by molar-refractivity contribution is -0.266. The van der Waals surface area contributed by atoms with Crippen LogP contribution in [0.15, 0.2) is 17.1 Å². The zero-order valence-corrected chi connectivity index (χ0v) is 12.4. The minimum atomic E-state index is -3.55. The lowest BCUT2D eigenvalue weighted by Crippen LogP contribution is -2.47. The standard InChI is InChI=1S/C10H15FN3O7P/c1-19-10(4-15)7(21-22(17)18)6(11)8(20-10)14-3-2-5(12)13-9(14)16/h2-3,6-8,15,22H,4H2,1H3,(H,17,18)(H2,12,13,16)/t6?,7?,8?,10-/m1/s1. The second-order valence-corrected chi connectivity index (χ2v) is 5.24. The quantitative estimate of drug-likeness (QED) is 0.562. The summed E-state index contributed by atoms with van der Waals surface area (Å²) in [7, 11) is -2.45. The zero-order valence-electron chi connectivity index (χ0n) is 11.4. The topological polar surface area (TPSA) is 146 Å². The zero-order chi connectivity index (χ0) is 16.5. The summed E-state index contributed by atoms with van der Waals surface area (Å²) in [5, 5.41) is 9.40. The fraction of sp³-hybridized carbons (Fsp3) is 0.600. The van der Waals surface area contributed by atoms with Crippen LogP contribution in [0.25, 0.3) is 0 Å². The van der Waals surface area contributed by atoms with Gasteiger partial charge in [0.15, 0.2) is 18.5 Å². The molecule has 1 aliphatic rings. The van der Waals surface area contributed by atoms with Crippen LogP contribution in [0.3, 0.4) is 0 Å². The van der Waals surface area contributed by atoms with Crippen molar-refractivity contribution in [1.82, 2.24) is 9.55 Å². The average Bonchev–Trinajstić information content (AvgIpc) is 2.73.